The van der Waals surface area contributed by atoms with Gasteiger partial charge in [-0.1, -0.05) is 12.1 Å². The summed E-state index contributed by atoms with van der Waals surface area (Å²) >= 11 is 0. The second-order valence-corrected chi connectivity index (χ2v) is 8.71. The molecule has 1 N–H and O–H groups in total. The van der Waals surface area contributed by atoms with Crippen LogP contribution in [0.1, 0.15) is 24.1 Å². The normalized spacial score (nSPS) is 14.8. The zero-order valence-electron chi connectivity index (χ0n) is 19.6. The lowest BCUT2D eigenvalue weighted by molar-refractivity contribution is 0.116. The van der Waals surface area contributed by atoms with Crippen molar-refractivity contribution in [3.63, 3.8) is 0 Å². The van der Waals surface area contributed by atoms with Crippen LogP contribution in [-0.2, 0) is 6.61 Å². The molecular weight excluding hydrogens is 426 g/mol. The molecule has 4 aromatic rings. The Morgan fingerprint density at radius 1 is 0.971 bits per heavy atom. The van der Waals surface area contributed by atoms with Gasteiger partial charge in [-0.05, 0) is 74.8 Å². The van der Waals surface area contributed by atoms with Gasteiger partial charge in [0.05, 0.1) is 16.6 Å². The average Bonchev–Trinajstić information content (AvgIpc) is 2.86. The monoisotopic (exact) mass is 455 g/mol. The molecule has 1 fully saturated rings. The van der Waals surface area contributed by atoms with Crippen LogP contribution >= 0.6 is 0 Å². The van der Waals surface area contributed by atoms with Gasteiger partial charge >= 0.3 is 0 Å². The summed E-state index contributed by atoms with van der Waals surface area (Å²) in [4.78, 5) is 15.7. The number of likely N-dealkylation sites (tertiary alicyclic amines) is 1. The summed E-state index contributed by atoms with van der Waals surface area (Å²) in [5.74, 6) is 2.38. The Labute approximate surface area is 199 Å². The summed E-state index contributed by atoms with van der Waals surface area (Å²) in [6.45, 7) is 4.56. The molecule has 0 aliphatic carbocycles. The van der Waals surface area contributed by atoms with E-state index in [2.05, 4.69) is 38.3 Å². The van der Waals surface area contributed by atoms with Gasteiger partial charge in [-0.25, -0.2) is 9.97 Å². The lowest BCUT2D eigenvalue weighted by Gasteiger charge is -2.29. The fraction of sp³-hybridized carbons (Fsp3) is 0.296. The van der Waals surface area contributed by atoms with Crippen molar-refractivity contribution in [2.45, 2.75) is 32.5 Å². The largest absolute Gasteiger partial charge is 0.489 e. The van der Waals surface area contributed by atoms with E-state index in [0.29, 0.717) is 6.61 Å². The van der Waals surface area contributed by atoms with Crippen molar-refractivity contribution in [2.24, 2.45) is 0 Å². The fourth-order valence-corrected chi connectivity index (χ4v) is 4.21. The van der Waals surface area contributed by atoms with Gasteiger partial charge in [-0.2, -0.15) is 0 Å². The summed E-state index contributed by atoms with van der Waals surface area (Å²) in [6.07, 6.45) is 5.59. The minimum atomic E-state index is 0.202. The molecule has 0 unspecified atom stereocenters. The maximum absolute atomic E-state index is 6.44. The number of rotatable bonds is 7. The molecule has 1 aliphatic heterocycles. The molecule has 2 aromatic heterocycles. The minimum Gasteiger partial charge on any atom is -0.489 e. The van der Waals surface area contributed by atoms with E-state index in [1.54, 1.807) is 12.5 Å². The summed E-state index contributed by atoms with van der Waals surface area (Å²) < 4.78 is 12.4. The van der Waals surface area contributed by atoms with Gasteiger partial charge in [-0.3, -0.25) is 4.98 Å². The van der Waals surface area contributed by atoms with Crippen molar-refractivity contribution in [3.05, 3.63) is 78.4 Å². The summed E-state index contributed by atoms with van der Waals surface area (Å²) in [5, 5.41) is 4.37. The zero-order chi connectivity index (χ0) is 23.3. The van der Waals surface area contributed by atoms with Crippen LogP contribution in [0.2, 0.25) is 0 Å². The second-order valence-electron chi connectivity index (χ2n) is 8.71. The number of ether oxygens (including phenoxy) is 2. The SMILES string of the molecule is Cc1cc(Nc2ncnc3cccc(OC4CCN(C)CC4)c23)ccc1OCc1ccccn1. The zero-order valence-corrected chi connectivity index (χ0v) is 19.6. The molecule has 0 amide bonds. The molecule has 0 saturated carbocycles. The first-order valence-electron chi connectivity index (χ1n) is 11.6. The number of benzene rings is 2. The van der Waals surface area contributed by atoms with Crippen molar-refractivity contribution in [1.82, 2.24) is 19.9 Å². The predicted octanol–water partition coefficient (Wildman–Crippen LogP) is 5.13. The first kappa shape index (κ1) is 22.1. The predicted molar refractivity (Wildman–Crippen MR) is 134 cm³/mol. The van der Waals surface area contributed by atoms with E-state index in [0.717, 1.165) is 71.1 Å². The second kappa shape index (κ2) is 10.1. The number of nitrogens with zero attached hydrogens (tertiary/aromatic N) is 4. The van der Waals surface area contributed by atoms with Crippen molar-refractivity contribution in [3.8, 4) is 11.5 Å². The maximum atomic E-state index is 6.44. The van der Waals surface area contributed by atoms with E-state index >= 15 is 0 Å². The smallest absolute Gasteiger partial charge is 0.145 e. The number of pyridine rings is 1. The van der Waals surface area contributed by atoms with Gasteiger partial charge in [-0.15, -0.1) is 0 Å². The van der Waals surface area contributed by atoms with Crippen LogP contribution in [0.25, 0.3) is 10.9 Å². The van der Waals surface area contributed by atoms with E-state index in [1.807, 2.05) is 55.5 Å². The van der Waals surface area contributed by atoms with E-state index in [4.69, 9.17) is 9.47 Å². The molecule has 1 aliphatic rings. The number of piperidine rings is 1. The van der Waals surface area contributed by atoms with Crippen LogP contribution in [0, 0.1) is 6.92 Å². The van der Waals surface area contributed by atoms with Crippen LogP contribution < -0.4 is 14.8 Å². The third-order valence-corrected chi connectivity index (χ3v) is 6.12. The van der Waals surface area contributed by atoms with E-state index in [-0.39, 0.29) is 6.10 Å². The number of nitrogens with one attached hydrogen (secondary N) is 1. The maximum Gasteiger partial charge on any atom is 0.145 e. The number of hydrogen-bond acceptors (Lipinski definition) is 7. The highest BCUT2D eigenvalue weighted by molar-refractivity contribution is 5.95. The Kier molecular flexibility index (Phi) is 6.53. The molecule has 0 bridgehead atoms. The highest BCUT2D eigenvalue weighted by Crippen LogP contribution is 2.34. The molecule has 7 nitrogen and oxygen atoms in total. The van der Waals surface area contributed by atoms with Crippen LogP contribution in [0.15, 0.2) is 67.1 Å². The Hall–Kier alpha value is -3.71. The Morgan fingerprint density at radius 2 is 1.85 bits per heavy atom. The standard InChI is InChI=1S/C27H29N5O2/c1-19-16-20(9-10-24(19)33-17-21-6-3-4-13-28-21)31-27-26-23(29-18-30-27)7-5-8-25(26)34-22-11-14-32(2)15-12-22/h3-10,13,16,18,22H,11-12,14-15,17H2,1-2H3,(H,29,30,31). The first-order valence-corrected chi connectivity index (χ1v) is 11.6. The number of aryl methyl sites for hydroxylation is 1. The molecule has 3 heterocycles. The van der Waals surface area contributed by atoms with Gasteiger partial charge < -0.3 is 19.7 Å². The topological polar surface area (TPSA) is 72.4 Å². The molecular formula is C27H29N5O2. The number of fused-ring (bicyclic) bond motifs is 1. The third-order valence-electron chi connectivity index (χ3n) is 6.12. The van der Waals surface area contributed by atoms with E-state index in [9.17, 15) is 0 Å². The van der Waals surface area contributed by atoms with Gasteiger partial charge in [0.2, 0.25) is 0 Å². The van der Waals surface area contributed by atoms with Gasteiger partial charge in [0.25, 0.3) is 0 Å². The lowest BCUT2D eigenvalue weighted by atomic mass is 10.1. The van der Waals surface area contributed by atoms with Crippen molar-refractivity contribution < 1.29 is 9.47 Å². The summed E-state index contributed by atoms with van der Waals surface area (Å²) in [5.41, 5.74) is 3.71. The number of anilines is 2. The molecule has 0 radical (unpaired) electrons. The van der Waals surface area contributed by atoms with Gasteiger partial charge in [0, 0.05) is 25.0 Å². The molecule has 0 atom stereocenters. The Morgan fingerprint density at radius 3 is 2.65 bits per heavy atom. The number of hydrogen-bond donors (Lipinski definition) is 1. The molecule has 174 valence electrons. The van der Waals surface area contributed by atoms with Crippen molar-refractivity contribution >= 4 is 22.4 Å². The van der Waals surface area contributed by atoms with Gasteiger partial charge in [0.15, 0.2) is 0 Å². The third kappa shape index (κ3) is 5.10. The molecule has 2 aromatic carbocycles. The quantitative estimate of drug-likeness (QED) is 0.414. The molecule has 5 rings (SSSR count). The van der Waals surface area contributed by atoms with Crippen molar-refractivity contribution in [2.75, 3.05) is 25.5 Å². The highest BCUT2D eigenvalue weighted by atomic mass is 16.5. The summed E-state index contributed by atoms with van der Waals surface area (Å²) in [6, 6.07) is 17.8. The molecule has 34 heavy (non-hydrogen) atoms. The number of aromatic nitrogens is 3. The van der Waals surface area contributed by atoms with Crippen LogP contribution in [0.4, 0.5) is 11.5 Å². The van der Waals surface area contributed by atoms with E-state index in [1.165, 1.54) is 0 Å². The lowest BCUT2D eigenvalue weighted by Crippen LogP contribution is -2.35. The fourth-order valence-electron chi connectivity index (χ4n) is 4.21. The van der Waals surface area contributed by atoms with Crippen LogP contribution in [0.5, 0.6) is 11.5 Å². The van der Waals surface area contributed by atoms with Crippen molar-refractivity contribution in [1.29, 1.82) is 0 Å². The van der Waals surface area contributed by atoms with Crippen LogP contribution in [0.3, 0.4) is 0 Å². The highest BCUT2D eigenvalue weighted by Gasteiger charge is 2.20. The molecule has 1 saturated heterocycles. The summed E-state index contributed by atoms with van der Waals surface area (Å²) in [7, 11) is 2.15. The Balaban J connectivity index is 1.35. The minimum absolute atomic E-state index is 0.202. The average molecular weight is 456 g/mol. The first-order chi connectivity index (χ1) is 16.7. The van der Waals surface area contributed by atoms with E-state index < -0.39 is 0 Å². The Bertz CT molecular complexity index is 1250. The molecule has 7 heteroatoms. The molecule has 0 spiro atoms. The van der Waals surface area contributed by atoms with Crippen LogP contribution in [-0.4, -0.2) is 46.1 Å². The van der Waals surface area contributed by atoms with Gasteiger partial charge in [0.1, 0.15) is 36.4 Å².